The lowest BCUT2D eigenvalue weighted by Gasteiger charge is -2.32. The topological polar surface area (TPSA) is 6.48 Å². The third-order valence-corrected chi connectivity index (χ3v) is 6.79. The molecule has 2 unspecified atom stereocenters. The van der Waals surface area contributed by atoms with Crippen molar-refractivity contribution in [3.8, 4) is 0 Å². The maximum atomic E-state index is 9.88. The average molecular weight is 360 g/mol. The molecular formula is C25H30N2. The zero-order valence-corrected chi connectivity index (χ0v) is 16.7. The summed E-state index contributed by atoms with van der Waals surface area (Å²) < 4.78 is 9.88. The fourth-order valence-corrected chi connectivity index (χ4v) is 5.58. The molecule has 2 aliphatic heterocycles. The van der Waals surface area contributed by atoms with Crippen molar-refractivity contribution in [3.05, 3.63) is 71.1 Å². The standard InChI is InChI=1S/C25H30N2/c1-17-11-7-9-15-22(17)26-18(2)25-24(20-12-5-4-6-13-20)21-14-8-10-16-23(21)27(25)19(26)3/h7-11,14-16,19-20,24H,4-6,12-13H2,1-3H3/i24D. The number of hydrogen-bond donors (Lipinski definition) is 0. The first-order valence-electron chi connectivity index (χ1n) is 11.0. The summed E-state index contributed by atoms with van der Waals surface area (Å²) >= 11 is 0. The predicted octanol–water partition coefficient (Wildman–Crippen LogP) is 6.58. The van der Waals surface area contributed by atoms with Crippen molar-refractivity contribution in [2.24, 2.45) is 5.92 Å². The Morgan fingerprint density at radius 1 is 0.852 bits per heavy atom. The highest BCUT2D eigenvalue weighted by atomic mass is 15.4. The monoisotopic (exact) mass is 359 g/mol. The van der Waals surface area contributed by atoms with Gasteiger partial charge in [0, 0.05) is 30.0 Å². The van der Waals surface area contributed by atoms with Gasteiger partial charge in [0.2, 0.25) is 0 Å². The minimum atomic E-state index is -0.632. The second-order valence-corrected chi connectivity index (χ2v) is 8.36. The number of anilines is 2. The molecule has 2 heterocycles. The highest BCUT2D eigenvalue weighted by Gasteiger charge is 2.47. The molecule has 2 atom stereocenters. The molecule has 0 saturated heterocycles. The number of aryl methyl sites for hydroxylation is 1. The van der Waals surface area contributed by atoms with E-state index in [1.807, 2.05) is 0 Å². The highest BCUT2D eigenvalue weighted by Crippen LogP contribution is 2.56. The SMILES string of the molecule is [2H]C1(C2CCCCC2)C2=C(C)N(c3ccccc3C)C(C)N2c2ccccc21. The lowest BCUT2D eigenvalue weighted by molar-refractivity contribution is 0.327. The van der Waals surface area contributed by atoms with Crippen molar-refractivity contribution < 1.29 is 1.37 Å². The minimum Gasteiger partial charge on any atom is -0.322 e. The molecule has 2 heteroatoms. The number of hydrogen-bond acceptors (Lipinski definition) is 2. The van der Waals surface area contributed by atoms with E-state index in [1.54, 1.807) is 0 Å². The number of benzene rings is 2. The molecule has 3 aliphatic rings. The van der Waals surface area contributed by atoms with Gasteiger partial charge in [-0.05, 0) is 62.8 Å². The molecule has 1 fully saturated rings. The second-order valence-electron chi connectivity index (χ2n) is 8.36. The maximum Gasteiger partial charge on any atom is 0.108 e. The van der Waals surface area contributed by atoms with Crippen LogP contribution in [0.2, 0.25) is 0 Å². The fourth-order valence-electron chi connectivity index (χ4n) is 5.58. The Balaban J connectivity index is 1.71. The first-order valence-corrected chi connectivity index (χ1v) is 10.5. The molecule has 1 aliphatic carbocycles. The molecule has 140 valence electrons. The molecule has 2 aromatic carbocycles. The number of para-hydroxylation sites is 2. The van der Waals surface area contributed by atoms with Crippen LogP contribution in [-0.2, 0) is 0 Å². The third kappa shape index (κ3) is 2.46. The van der Waals surface area contributed by atoms with E-state index in [0.717, 1.165) is 0 Å². The molecule has 2 aromatic rings. The molecule has 0 bridgehead atoms. The summed E-state index contributed by atoms with van der Waals surface area (Å²) in [6.45, 7) is 6.70. The quantitative estimate of drug-likeness (QED) is 0.598. The van der Waals surface area contributed by atoms with Crippen LogP contribution in [0.5, 0.6) is 0 Å². The molecule has 0 amide bonds. The number of allylic oxidation sites excluding steroid dienone is 2. The zero-order chi connectivity index (χ0) is 19.5. The Kier molecular flexibility index (Phi) is 3.77. The van der Waals surface area contributed by atoms with Crippen LogP contribution in [0.25, 0.3) is 0 Å². The first kappa shape index (κ1) is 15.8. The Hall–Kier alpha value is -2.22. The molecule has 27 heavy (non-hydrogen) atoms. The Morgan fingerprint density at radius 2 is 1.52 bits per heavy atom. The van der Waals surface area contributed by atoms with Gasteiger partial charge in [-0.2, -0.15) is 0 Å². The van der Waals surface area contributed by atoms with E-state index in [-0.39, 0.29) is 6.17 Å². The van der Waals surface area contributed by atoms with Crippen LogP contribution in [0, 0.1) is 12.8 Å². The summed E-state index contributed by atoms with van der Waals surface area (Å²) in [5.74, 6) is -0.228. The van der Waals surface area contributed by atoms with Crippen LogP contribution in [0.4, 0.5) is 11.4 Å². The van der Waals surface area contributed by atoms with E-state index >= 15 is 0 Å². The smallest absolute Gasteiger partial charge is 0.108 e. The summed E-state index contributed by atoms with van der Waals surface area (Å²) in [6, 6.07) is 17.3. The molecule has 0 spiro atoms. The van der Waals surface area contributed by atoms with Crippen LogP contribution in [0.1, 0.15) is 64.3 Å². The van der Waals surface area contributed by atoms with Crippen LogP contribution in [0.3, 0.4) is 0 Å². The van der Waals surface area contributed by atoms with Crippen LogP contribution >= 0.6 is 0 Å². The minimum absolute atomic E-state index is 0.188. The molecule has 0 radical (unpaired) electrons. The van der Waals surface area contributed by atoms with E-state index in [1.165, 1.54) is 66.0 Å². The van der Waals surface area contributed by atoms with Gasteiger partial charge in [-0.15, -0.1) is 0 Å². The lowest BCUT2D eigenvalue weighted by atomic mass is 9.76. The van der Waals surface area contributed by atoms with E-state index in [0.29, 0.717) is 5.92 Å². The first-order chi connectivity index (χ1) is 13.5. The normalized spacial score (nSPS) is 28.4. The number of fused-ring (bicyclic) bond motifs is 3. The maximum absolute atomic E-state index is 9.88. The van der Waals surface area contributed by atoms with Gasteiger partial charge in [0.1, 0.15) is 6.17 Å². The van der Waals surface area contributed by atoms with E-state index in [9.17, 15) is 1.37 Å². The average Bonchev–Trinajstić information content (AvgIpc) is 3.15. The van der Waals surface area contributed by atoms with E-state index in [2.05, 4.69) is 79.1 Å². The van der Waals surface area contributed by atoms with Gasteiger partial charge < -0.3 is 9.80 Å². The molecule has 5 rings (SSSR count). The van der Waals surface area contributed by atoms with Gasteiger partial charge in [-0.25, -0.2) is 0 Å². The van der Waals surface area contributed by atoms with Gasteiger partial charge >= 0.3 is 0 Å². The van der Waals surface area contributed by atoms with Gasteiger partial charge in [0.25, 0.3) is 0 Å². The number of nitrogens with zero attached hydrogens (tertiary/aromatic N) is 2. The third-order valence-electron chi connectivity index (χ3n) is 6.79. The lowest BCUT2D eigenvalue weighted by Crippen LogP contribution is -2.37. The summed E-state index contributed by atoms with van der Waals surface area (Å²) in [6.07, 6.45) is 6.37. The summed E-state index contributed by atoms with van der Waals surface area (Å²) in [5, 5.41) is 0. The summed E-state index contributed by atoms with van der Waals surface area (Å²) in [7, 11) is 0. The number of rotatable bonds is 2. The molecule has 0 N–H and O–H groups in total. The van der Waals surface area contributed by atoms with Crippen LogP contribution < -0.4 is 9.80 Å². The van der Waals surface area contributed by atoms with Crippen molar-refractivity contribution >= 4 is 11.4 Å². The molecule has 1 saturated carbocycles. The Morgan fingerprint density at radius 3 is 2.26 bits per heavy atom. The zero-order valence-electron chi connectivity index (χ0n) is 17.7. The van der Waals surface area contributed by atoms with Crippen molar-refractivity contribution in [3.63, 3.8) is 0 Å². The van der Waals surface area contributed by atoms with Crippen molar-refractivity contribution in [1.29, 1.82) is 0 Å². The molecule has 2 nitrogen and oxygen atoms in total. The van der Waals surface area contributed by atoms with Crippen molar-refractivity contribution in [1.82, 2.24) is 0 Å². The van der Waals surface area contributed by atoms with E-state index in [4.69, 9.17) is 0 Å². The molecule has 0 aromatic heterocycles. The van der Waals surface area contributed by atoms with Gasteiger partial charge in [0.15, 0.2) is 0 Å². The predicted molar refractivity (Wildman–Crippen MR) is 114 cm³/mol. The van der Waals surface area contributed by atoms with Crippen molar-refractivity contribution in [2.45, 2.75) is 64.9 Å². The summed E-state index contributed by atoms with van der Waals surface area (Å²) in [4.78, 5) is 4.91. The Labute approximate surface area is 164 Å². The second kappa shape index (κ2) is 6.44. The molecular weight excluding hydrogens is 328 g/mol. The van der Waals surface area contributed by atoms with E-state index < -0.39 is 5.89 Å². The fraction of sp³-hybridized carbons (Fsp3) is 0.440. The summed E-state index contributed by atoms with van der Waals surface area (Å²) in [5.41, 5.74) is 7.47. The Bertz CT molecular complexity index is 943. The van der Waals surface area contributed by atoms with Gasteiger partial charge in [-0.1, -0.05) is 55.7 Å². The van der Waals surface area contributed by atoms with Crippen molar-refractivity contribution in [2.75, 3.05) is 9.80 Å². The highest BCUT2D eigenvalue weighted by molar-refractivity contribution is 5.76. The van der Waals surface area contributed by atoms with Crippen LogP contribution in [-0.4, -0.2) is 6.17 Å². The largest absolute Gasteiger partial charge is 0.322 e. The van der Waals surface area contributed by atoms with Crippen LogP contribution in [0.15, 0.2) is 59.9 Å². The van der Waals surface area contributed by atoms with Gasteiger partial charge in [0.05, 0.1) is 0 Å². The van der Waals surface area contributed by atoms with Gasteiger partial charge in [-0.3, -0.25) is 0 Å².